The van der Waals surface area contributed by atoms with Crippen LogP contribution in [0.2, 0.25) is 4.47 Å². The number of hydrogen-bond donors (Lipinski definition) is 1. The van der Waals surface area contributed by atoms with Crippen molar-refractivity contribution < 1.29 is 5.11 Å². The molecule has 0 aliphatic heterocycles. The molecule has 6 heteroatoms. The van der Waals surface area contributed by atoms with Crippen molar-refractivity contribution >= 4 is 22.9 Å². The predicted molar refractivity (Wildman–Crippen MR) is 43.1 cm³/mol. The molecule has 4 nitrogen and oxygen atoms in total. The van der Waals surface area contributed by atoms with Gasteiger partial charge in [-0.3, -0.25) is 4.79 Å². The lowest BCUT2D eigenvalue weighted by atomic mass is 10.5. The highest BCUT2D eigenvalue weighted by Gasteiger charge is 2.01. The van der Waals surface area contributed by atoms with Crippen LogP contribution in [0, 0.1) is 0 Å². The van der Waals surface area contributed by atoms with Gasteiger partial charge in [0, 0.05) is 13.2 Å². The van der Waals surface area contributed by atoms with Gasteiger partial charge in [-0.25, -0.2) is 4.68 Å². The lowest BCUT2D eigenvalue weighted by Gasteiger charge is -1.93. The topological polar surface area (TPSA) is 55.1 Å². The number of aromatic nitrogens is 2. The third-order valence-electron chi connectivity index (χ3n) is 1.11. The highest BCUT2D eigenvalue weighted by Crippen LogP contribution is 2.05. The third kappa shape index (κ3) is 2.28. The first-order valence-electron chi connectivity index (χ1n) is 3.08. The summed E-state index contributed by atoms with van der Waals surface area (Å²) in [5.41, 5.74) is 0. The van der Waals surface area contributed by atoms with E-state index in [0.29, 0.717) is 13.0 Å². The van der Waals surface area contributed by atoms with E-state index in [-0.39, 0.29) is 15.9 Å². The standard InChI is InChI=1S/C5H7ClN2O2S/c6-4-7-8(2-1-3-9)5(10)11-4/h9H,1-3H2. The summed E-state index contributed by atoms with van der Waals surface area (Å²) in [6.45, 7) is 0.486. The predicted octanol–water partition coefficient (Wildman–Crippen LogP) is 0.341. The Bertz CT molecular complexity index is 282. The molecular weight excluding hydrogens is 188 g/mol. The molecule has 1 aromatic heterocycles. The first-order chi connectivity index (χ1) is 5.24. The molecule has 0 atom stereocenters. The maximum atomic E-state index is 10.9. The second-order valence-electron chi connectivity index (χ2n) is 1.92. The monoisotopic (exact) mass is 194 g/mol. The normalized spacial score (nSPS) is 10.4. The van der Waals surface area contributed by atoms with E-state index in [0.717, 1.165) is 11.3 Å². The molecule has 11 heavy (non-hydrogen) atoms. The molecule has 62 valence electrons. The van der Waals surface area contributed by atoms with Crippen LogP contribution in [-0.4, -0.2) is 21.5 Å². The molecule has 1 heterocycles. The van der Waals surface area contributed by atoms with Crippen LogP contribution in [0.4, 0.5) is 0 Å². The Labute approximate surface area is 72.0 Å². The average molecular weight is 195 g/mol. The number of nitrogens with zero attached hydrogens (tertiary/aromatic N) is 2. The average Bonchev–Trinajstić information content (AvgIpc) is 2.26. The van der Waals surface area contributed by atoms with Crippen molar-refractivity contribution in [2.24, 2.45) is 0 Å². The molecule has 0 bridgehead atoms. The van der Waals surface area contributed by atoms with Gasteiger partial charge in [-0.05, 0) is 29.4 Å². The molecular formula is C5H7ClN2O2S. The van der Waals surface area contributed by atoms with Gasteiger partial charge < -0.3 is 5.11 Å². The number of halogens is 1. The van der Waals surface area contributed by atoms with Crippen molar-refractivity contribution in [1.82, 2.24) is 9.78 Å². The molecule has 0 saturated heterocycles. The van der Waals surface area contributed by atoms with E-state index in [1.807, 2.05) is 0 Å². The van der Waals surface area contributed by atoms with Crippen molar-refractivity contribution in [3.8, 4) is 0 Å². The summed E-state index contributed by atoms with van der Waals surface area (Å²) >= 11 is 6.37. The number of aliphatic hydroxyl groups excluding tert-OH is 1. The van der Waals surface area contributed by atoms with Gasteiger partial charge in [0.1, 0.15) is 0 Å². The van der Waals surface area contributed by atoms with Crippen molar-refractivity contribution in [3.63, 3.8) is 0 Å². The number of aliphatic hydroxyl groups is 1. The van der Waals surface area contributed by atoms with Gasteiger partial charge in [-0.15, -0.1) is 5.10 Å². The Hall–Kier alpha value is -0.390. The van der Waals surface area contributed by atoms with E-state index in [1.54, 1.807) is 0 Å². The number of hydrogen-bond acceptors (Lipinski definition) is 4. The smallest absolute Gasteiger partial charge is 0.326 e. The zero-order chi connectivity index (χ0) is 8.27. The van der Waals surface area contributed by atoms with E-state index in [9.17, 15) is 4.79 Å². The van der Waals surface area contributed by atoms with Crippen LogP contribution in [0.3, 0.4) is 0 Å². The minimum absolute atomic E-state index is 0.0571. The van der Waals surface area contributed by atoms with E-state index < -0.39 is 0 Å². The summed E-state index contributed by atoms with van der Waals surface area (Å²) in [7, 11) is 0. The highest BCUT2D eigenvalue weighted by molar-refractivity contribution is 7.13. The SMILES string of the molecule is O=c1sc(Cl)nn1CCCO. The number of aryl methyl sites for hydroxylation is 1. The maximum absolute atomic E-state index is 10.9. The van der Waals surface area contributed by atoms with Gasteiger partial charge in [-0.2, -0.15) is 0 Å². The molecule has 0 saturated carbocycles. The summed E-state index contributed by atoms with van der Waals surface area (Å²) in [4.78, 5) is 10.7. The molecule has 0 aliphatic rings. The minimum atomic E-state index is -0.177. The lowest BCUT2D eigenvalue weighted by Crippen LogP contribution is -2.15. The van der Waals surface area contributed by atoms with E-state index in [1.165, 1.54) is 4.68 Å². The van der Waals surface area contributed by atoms with E-state index in [2.05, 4.69) is 5.10 Å². The minimum Gasteiger partial charge on any atom is -0.396 e. The maximum Gasteiger partial charge on any atom is 0.326 e. The highest BCUT2D eigenvalue weighted by atomic mass is 35.5. The Morgan fingerprint density at radius 1 is 1.73 bits per heavy atom. The van der Waals surface area contributed by atoms with Crippen LogP contribution in [0.25, 0.3) is 0 Å². The summed E-state index contributed by atoms with van der Waals surface area (Å²) in [6.07, 6.45) is 0.528. The molecule has 1 aromatic rings. The van der Waals surface area contributed by atoms with Crippen molar-refractivity contribution in [2.75, 3.05) is 6.61 Å². The Kier molecular flexibility index (Phi) is 3.04. The molecule has 0 spiro atoms. The molecule has 0 aromatic carbocycles. The Morgan fingerprint density at radius 2 is 2.45 bits per heavy atom. The molecule has 0 unspecified atom stereocenters. The largest absolute Gasteiger partial charge is 0.396 e. The lowest BCUT2D eigenvalue weighted by molar-refractivity contribution is 0.276. The fourth-order valence-electron chi connectivity index (χ4n) is 0.643. The first kappa shape index (κ1) is 8.70. The van der Waals surface area contributed by atoms with Gasteiger partial charge in [0.25, 0.3) is 0 Å². The van der Waals surface area contributed by atoms with Gasteiger partial charge in [-0.1, -0.05) is 0 Å². The van der Waals surface area contributed by atoms with Crippen molar-refractivity contribution in [1.29, 1.82) is 0 Å². The summed E-state index contributed by atoms with van der Waals surface area (Å²) in [5, 5.41) is 12.2. The van der Waals surface area contributed by atoms with Crippen molar-refractivity contribution in [3.05, 3.63) is 14.1 Å². The summed E-state index contributed by atoms with van der Waals surface area (Å²) < 4.78 is 1.50. The Morgan fingerprint density at radius 3 is 2.91 bits per heavy atom. The van der Waals surface area contributed by atoms with Gasteiger partial charge in [0.05, 0.1) is 0 Å². The zero-order valence-electron chi connectivity index (χ0n) is 5.66. The molecule has 0 radical (unpaired) electrons. The van der Waals surface area contributed by atoms with Crippen LogP contribution in [0.5, 0.6) is 0 Å². The molecule has 1 N–H and O–H groups in total. The van der Waals surface area contributed by atoms with Crippen LogP contribution in [0.1, 0.15) is 6.42 Å². The molecule has 0 aliphatic carbocycles. The second-order valence-corrected chi connectivity index (χ2v) is 3.44. The summed E-state index contributed by atoms with van der Waals surface area (Å²) in [5.74, 6) is 0. The second kappa shape index (κ2) is 3.85. The number of rotatable bonds is 3. The van der Waals surface area contributed by atoms with Crippen LogP contribution >= 0.6 is 22.9 Å². The van der Waals surface area contributed by atoms with Crippen LogP contribution in [-0.2, 0) is 6.54 Å². The summed E-state index contributed by atoms with van der Waals surface area (Å²) in [6, 6.07) is 0. The van der Waals surface area contributed by atoms with Crippen LogP contribution < -0.4 is 4.87 Å². The first-order valence-corrected chi connectivity index (χ1v) is 4.28. The third-order valence-corrected chi connectivity index (χ3v) is 2.05. The quantitative estimate of drug-likeness (QED) is 0.755. The molecule has 1 rings (SSSR count). The van der Waals surface area contributed by atoms with E-state index in [4.69, 9.17) is 16.7 Å². The Balaban J connectivity index is 2.70. The van der Waals surface area contributed by atoms with Crippen molar-refractivity contribution in [2.45, 2.75) is 13.0 Å². The molecule has 0 amide bonds. The fourth-order valence-corrected chi connectivity index (χ4v) is 1.45. The van der Waals surface area contributed by atoms with Gasteiger partial charge in [0.15, 0.2) is 0 Å². The van der Waals surface area contributed by atoms with Crippen LogP contribution in [0.15, 0.2) is 4.79 Å². The molecule has 0 fully saturated rings. The van der Waals surface area contributed by atoms with Gasteiger partial charge >= 0.3 is 4.87 Å². The fraction of sp³-hybridized carbons (Fsp3) is 0.600. The van der Waals surface area contributed by atoms with Gasteiger partial charge in [0.2, 0.25) is 4.47 Å². The van der Waals surface area contributed by atoms with E-state index >= 15 is 0 Å². The zero-order valence-corrected chi connectivity index (χ0v) is 7.23.